The highest BCUT2D eigenvalue weighted by Crippen LogP contribution is 2.30. The Balaban J connectivity index is 1.76. The predicted molar refractivity (Wildman–Crippen MR) is 109 cm³/mol. The van der Waals surface area contributed by atoms with E-state index in [-0.39, 0.29) is 22.3 Å². The van der Waals surface area contributed by atoms with Crippen molar-refractivity contribution in [1.82, 2.24) is 19.6 Å². The molecule has 0 aliphatic rings. The summed E-state index contributed by atoms with van der Waals surface area (Å²) in [6.07, 6.45) is 2.83. The average Bonchev–Trinajstić information content (AvgIpc) is 3.16. The Kier molecular flexibility index (Phi) is 5.11. The van der Waals surface area contributed by atoms with E-state index in [4.69, 9.17) is 10.3 Å². The molecule has 4 aromatic rings. The van der Waals surface area contributed by atoms with E-state index in [1.807, 2.05) is 0 Å². The summed E-state index contributed by atoms with van der Waals surface area (Å²) in [7, 11) is -2.68. The quantitative estimate of drug-likeness (QED) is 0.275. The van der Waals surface area contributed by atoms with E-state index in [9.17, 15) is 12.8 Å². The lowest BCUT2D eigenvalue weighted by Crippen LogP contribution is -2.14. The molecule has 0 spiro atoms. The van der Waals surface area contributed by atoms with Gasteiger partial charge in [0, 0.05) is 16.7 Å². The Morgan fingerprint density at radius 2 is 1.94 bits per heavy atom. The maximum Gasteiger partial charge on any atom is 0.262 e. The van der Waals surface area contributed by atoms with Crippen LogP contribution in [-0.2, 0) is 10.0 Å². The SMILES string of the molecule is COc1ncc(-c2ccc3ncc(N=[N+]=[N-])n3n2)cc1NS(=O)(=O)c1ccc(F)cc1. The lowest BCUT2D eigenvalue weighted by Gasteiger charge is -2.12. The van der Waals surface area contributed by atoms with Crippen LogP contribution in [0, 0.1) is 5.82 Å². The van der Waals surface area contributed by atoms with Crippen LogP contribution in [0.25, 0.3) is 27.3 Å². The van der Waals surface area contributed by atoms with Gasteiger partial charge in [0.05, 0.1) is 23.9 Å². The van der Waals surface area contributed by atoms with Crippen LogP contribution in [0.5, 0.6) is 5.88 Å². The number of hydrogen-bond donors (Lipinski definition) is 1. The molecule has 0 saturated heterocycles. The smallest absolute Gasteiger partial charge is 0.262 e. The van der Waals surface area contributed by atoms with E-state index >= 15 is 0 Å². The second-order valence-corrected chi connectivity index (χ2v) is 7.82. The first kappa shape index (κ1) is 20.1. The molecule has 0 saturated carbocycles. The number of benzene rings is 1. The van der Waals surface area contributed by atoms with Crippen LogP contribution in [0.1, 0.15) is 0 Å². The Bertz CT molecular complexity index is 1430. The summed E-state index contributed by atoms with van der Waals surface area (Å²) in [6.45, 7) is 0. The van der Waals surface area contributed by atoms with Crippen molar-refractivity contribution in [2.75, 3.05) is 11.8 Å². The number of nitrogens with one attached hydrogen (secondary N) is 1. The third-order valence-corrected chi connectivity index (χ3v) is 5.58. The molecule has 0 atom stereocenters. The predicted octanol–water partition coefficient (Wildman–Crippen LogP) is 3.68. The highest BCUT2D eigenvalue weighted by molar-refractivity contribution is 7.92. The van der Waals surface area contributed by atoms with E-state index in [0.717, 1.165) is 24.3 Å². The molecule has 0 radical (unpaired) electrons. The van der Waals surface area contributed by atoms with Crippen molar-refractivity contribution in [3.05, 3.63) is 71.1 Å². The fourth-order valence-corrected chi connectivity index (χ4v) is 3.82. The molecule has 0 aliphatic carbocycles. The van der Waals surface area contributed by atoms with Gasteiger partial charge in [0.2, 0.25) is 5.88 Å². The summed E-state index contributed by atoms with van der Waals surface area (Å²) in [6, 6.07) is 9.19. The van der Waals surface area contributed by atoms with Gasteiger partial charge in [-0.1, -0.05) is 0 Å². The number of anilines is 1. The normalized spacial score (nSPS) is 11.2. The monoisotopic (exact) mass is 440 g/mol. The van der Waals surface area contributed by atoms with Crippen LogP contribution in [-0.4, -0.2) is 35.1 Å². The van der Waals surface area contributed by atoms with Crippen LogP contribution < -0.4 is 9.46 Å². The number of aromatic nitrogens is 4. The Morgan fingerprint density at radius 1 is 1.16 bits per heavy atom. The highest BCUT2D eigenvalue weighted by atomic mass is 32.2. The first-order valence-corrected chi connectivity index (χ1v) is 10.1. The molecule has 31 heavy (non-hydrogen) atoms. The lowest BCUT2D eigenvalue weighted by atomic mass is 10.2. The number of sulfonamides is 1. The number of ether oxygens (including phenoxy) is 1. The number of imidazole rings is 1. The van der Waals surface area contributed by atoms with Crippen LogP contribution in [0.3, 0.4) is 0 Å². The largest absolute Gasteiger partial charge is 0.480 e. The number of azide groups is 1. The fourth-order valence-electron chi connectivity index (χ4n) is 2.77. The minimum atomic E-state index is -4.03. The van der Waals surface area contributed by atoms with Crippen molar-refractivity contribution in [2.45, 2.75) is 4.90 Å². The molecule has 0 aliphatic heterocycles. The minimum Gasteiger partial charge on any atom is -0.480 e. The van der Waals surface area contributed by atoms with Gasteiger partial charge in [-0.05, 0) is 53.1 Å². The van der Waals surface area contributed by atoms with Gasteiger partial charge < -0.3 is 4.74 Å². The van der Waals surface area contributed by atoms with Crippen molar-refractivity contribution in [1.29, 1.82) is 0 Å². The molecule has 13 heteroatoms. The van der Waals surface area contributed by atoms with Crippen LogP contribution in [0.4, 0.5) is 15.9 Å². The molecule has 3 aromatic heterocycles. The lowest BCUT2D eigenvalue weighted by molar-refractivity contribution is 0.400. The number of rotatable bonds is 6. The first-order chi connectivity index (χ1) is 14.9. The minimum absolute atomic E-state index is 0.0351. The maximum absolute atomic E-state index is 13.1. The summed E-state index contributed by atoms with van der Waals surface area (Å²) in [5.74, 6) is -0.327. The molecule has 0 bridgehead atoms. The number of nitrogens with zero attached hydrogens (tertiary/aromatic N) is 7. The molecular formula is C18H13FN8O3S. The molecular weight excluding hydrogens is 427 g/mol. The zero-order valence-corrected chi connectivity index (χ0v) is 16.7. The second-order valence-electron chi connectivity index (χ2n) is 6.13. The Hall–Kier alpha value is -4.22. The maximum atomic E-state index is 13.1. The highest BCUT2D eigenvalue weighted by Gasteiger charge is 2.19. The summed E-state index contributed by atoms with van der Waals surface area (Å²) in [4.78, 5) is 10.8. The average molecular weight is 440 g/mol. The van der Waals surface area contributed by atoms with Crippen molar-refractivity contribution >= 4 is 27.2 Å². The number of pyridine rings is 1. The Labute approximate surface area is 174 Å². The summed E-state index contributed by atoms with van der Waals surface area (Å²) in [5.41, 5.74) is 10.1. The van der Waals surface area contributed by atoms with Gasteiger partial charge in [0.1, 0.15) is 17.3 Å². The number of hydrogen-bond acceptors (Lipinski definition) is 7. The summed E-state index contributed by atoms with van der Waals surface area (Å²) in [5, 5.41) is 7.90. The molecule has 4 rings (SSSR count). The van der Waals surface area contributed by atoms with Crippen molar-refractivity contribution in [3.63, 3.8) is 0 Å². The fraction of sp³-hybridized carbons (Fsp3) is 0.0556. The van der Waals surface area contributed by atoms with E-state index < -0.39 is 15.8 Å². The molecule has 11 nitrogen and oxygen atoms in total. The summed E-state index contributed by atoms with van der Waals surface area (Å²) < 4.78 is 47.4. The number of fused-ring (bicyclic) bond motifs is 1. The number of halogens is 1. The Morgan fingerprint density at radius 3 is 2.65 bits per heavy atom. The van der Waals surface area contributed by atoms with E-state index in [0.29, 0.717) is 16.9 Å². The van der Waals surface area contributed by atoms with Crippen molar-refractivity contribution < 1.29 is 17.5 Å². The first-order valence-electron chi connectivity index (χ1n) is 8.64. The molecule has 1 N–H and O–H groups in total. The molecule has 0 unspecified atom stereocenters. The molecule has 3 heterocycles. The van der Waals surface area contributed by atoms with E-state index in [1.54, 1.807) is 12.1 Å². The molecule has 1 aromatic carbocycles. The van der Waals surface area contributed by atoms with Crippen LogP contribution in [0.2, 0.25) is 0 Å². The second kappa shape index (κ2) is 7.89. The van der Waals surface area contributed by atoms with E-state index in [2.05, 4.69) is 29.8 Å². The van der Waals surface area contributed by atoms with Gasteiger partial charge in [-0.25, -0.2) is 27.3 Å². The zero-order chi connectivity index (χ0) is 22.0. The van der Waals surface area contributed by atoms with Crippen LogP contribution in [0.15, 0.2) is 64.9 Å². The van der Waals surface area contributed by atoms with Gasteiger partial charge in [-0.3, -0.25) is 4.72 Å². The molecule has 0 amide bonds. The van der Waals surface area contributed by atoms with Gasteiger partial charge in [-0.15, -0.1) is 0 Å². The molecule has 0 fully saturated rings. The van der Waals surface area contributed by atoms with Crippen LogP contribution >= 0.6 is 0 Å². The third-order valence-electron chi connectivity index (χ3n) is 4.20. The van der Waals surface area contributed by atoms with Gasteiger partial charge in [0.15, 0.2) is 5.65 Å². The summed E-state index contributed by atoms with van der Waals surface area (Å²) >= 11 is 0. The van der Waals surface area contributed by atoms with Gasteiger partial charge >= 0.3 is 0 Å². The van der Waals surface area contributed by atoms with Gasteiger partial charge in [-0.2, -0.15) is 5.10 Å². The molecule has 156 valence electrons. The topological polar surface area (TPSA) is 147 Å². The van der Waals surface area contributed by atoms with Crippen molar-refractivity contribution in [3.8, 4) is 17.1 Å². The van der Waals surface area contributed by atoms with Gasteiger partial charge in [0.25, 0.3) is 10.0 Å². The van der Waals surface area contributed by atoms with E-state index in [1.165, 1.54) is 30.1 Å². The third kappa shape index (κ3) is 3.95. The standard InChI is InChI=1S/C18H13FN8O3S/c1-30-18-15(25-31(28,29)13-4-2-12(19)3-5-13)8-11(9-22-18)14-6-7-16-21-10-17(23-26-20)27(16)24-14/h2-10,25H,1H3. The number of methoxy groups -OCH3 is 1. The van der Waals surface area contributed by atoms with Crippen molar-refractivity contribution in [2.24, 2.45) is 5.11 Å². The zero-order valence-electron chi connectivity index (χ0n) is 15.8.